The van der Waals surface area contributed by atoms with E-state index in [4.69, 9.17) is 0 Å². The van der Waals surface area contributed by atoms with Gasteiger partial charge in [0.2, 0.25) is 0 Å². The zero-order chi connectivity index (χ0) is 0. The van der Waals surface area contributed by atoms with Crippen LogP contribution in [0.1, 0.15) is 0 Å². The SMILES string of the molecule is [Al+3].[O-2].[O-2].[Yb+3]. The van der Waals surface area contributed by atoms with Crippen molar-refractivity contribution in [3.63, 3.8) is 0 Å². The van der Waals surface area contributed by atoms with Gasteiger partial charge in [0, 0.05) is 0 Å². The minimum absolute atomic E-state index is 0. The smallest absolute Gasteiger partial charge is 2.00 e. The third-order valence-corrected chi connectivity index (χ3v) is 0. The second-order valence-corrected chi connectivity index (χ2v) is 0. The van der Waals surface area contributed by atoms with E-state index in [1.54, 1.807) is 0 Å². The summed E-state index contributed by atoms with van der Waals surface area (Å²) in [6, 6.07) is 0. The zero-order valence-electron chi connectivity index (χ0n) is 1.66. The van der Waals surface area contributed by atoms with E-state index >= 15 is 0 Å². The minimum atomic E-state index is 0. The van der Waals surface area contributed by atoms with Gasteiger partial charge in [-0.3, -0.25) is 0 Å². The van der Waals surface area contributed by atoms with Crippen LogP contribution in [0.3, 0.4) is 0 Å². The molecule has 0 spiro atoms. The van der Waals surface area contributed by atoms with Crippen LogP contribution in [-0.4, -0.2) is 17.4 Å². The van der Waals surface area contributed by atoms with Crippen LogP contribution in [-0.2, 0) is 11.0 Å². The first-order valence-corrected chi connectivity index (χ1v) is 0. The molecule has 0 heterocycles. The Hall–Kier alpha value is 1.97. The van der Waals surface area contributed by atoms with E-state index in [0.717, 1.165) is 0 Å². The number of hydrogen-bond donors (Lipinski definition) is 0. The van der Waals surface area contributed by atoms with E-state index in [0.29, 0.717) is 0 Å². The van der Waals surface area contributed by atoms with E-state index in [1.165, 1.54) is 0 Å². The van der Waals surface area contributed by atoms with E-state index in [9.17, 15) is 0 Å². The Morgan fingerprint density at radius 1 is 0.750 bits per heavy atom. The fraction of sp³-hybridized carbons (Fsp3) is 0. The largest absolute Gasteiger partial charge is 3.00 e. The van der Waals surface area contributed by atoms with Crippen molar-refractivity contribution < 1.29 is 57.9 Å². The summed E-state index contributed by atoms with van der Waals surface area (Å²) in [6.07, 6.45) is 0. The van der Waals surface area contributed by atoms with Crippen molar-refractivity contribution in [1.82, 2.24) is 0 Å². The van der Waals surface area contributed by atoms with Crippen LogP contribution in [0.25, 0.3) is 0 Å². The minimum Gasteiger partial charge on any atom is -2.00 e. The molecule has 4 heteroatoms. The van der Waals surface area contributed by atoms with Crippen molar-refractivity contribution in [1.29, 1.82) is 0 Å². The predicted molar refractivity (Wildman–Crippen MR) is 7.13 cm³/mol. The van der Waals surface area contributed by atoms with Gasteiger partial charge >= 0.3 is 64.3 Å². The summed E-state index contributed by atoms with van der Waals surface area (Å²) in [5.74, 6) is 0. The molecule has 4 heavy (non-hydrogen) atoms. The maximum absolute atomic E-state index is 0. The molecule has 0 aliphatic carbocycles. The molecular formula is AlO2Yb+2. The molecule has 2 nitrogen and oxygen atoms in total. The van der Waals surface area contributed by atoms with Crippen molar-refractivity contribution >= 4 is 17.4 Å². The van der Waals surface area contributed by atoms with Gasteiger partial charge in [0.15, 0.2) is 0 Å². The summed E-state index contributed by atoms with van der Waals surface area (Å²) < 4.78 is 0. The third-order valence-electron chi connectivity index (χ3n) is 0. The molecule has 0 rings (SSSR count). The van der Waals surface area contributed by atoms with Crippen molar-refractivity contribution in [2.45, 2.75) is 0 Å². The summed E-state index contributed by atoms with van der Waals surface area (Å²) >= 11 is 0. The summed E-state index contributed by atoms with van der Waals surface area (Å²) in [4.78, 5) is 0. The van der Waals surface area contributed by atoms with Crippen LogP contribution < -0.4 is 0 Å². The molecule has 0 atom stereocenters. The van der Waals surface area contributed by atoms with E-state index in [2.05, 4.69) is 0 Å². The van der Waals surface area contributed by atoms with Gasteiger partial charge in [-0.1, -0.05) is 0 Å². The predicted octanol–water partition coefficient (Wildman–Crippen LogP) is -0.618. The average molecular weight is 232 g/mol. The Bertz CT molecular complexity index is 6.00. The van der Waals surface area contributed by atoms with Crippen LogP contribution in [0, 0.1) is 46.9 Å². The van der Waals surface area contributed by atoms with Crippen molar-refractivity contribution in [3.05, 3.63) is 0 Å². The van der Waals surface area contributed by atoms with Crippen LogP contribution in [0.5, 0.6) is 0 Å². The monoisotopic (exact) mass is 233 g/mol. The molecule has 1 radical (unpaired) electrons. The molecule has 0 saturated carbocycles. The van der Waals surface area contributed by atoms with Gasteiger partial charge in [-0.25, -0.2) is 0 Å². The average Bonchev–Trinajstić information content (AvgIpc) is 0. The van der Waals surface area contributed by atoms with Gasteiger partial charge in [0.05, 0.1) is 0 Å². The number of hydrogen-bond acceptors (Lipinski definition) is 0. The molecule has 0 N–H and O–H groups in total. The Morgan fingerprint density at radius 3 is 0.750 bits per heavy atom. The molecule has 0 saturated heterocycles. The first-order valence-electron chi connectivity index (χ1n) is 0. The maximum atomic E-state index is 0. The molecule has 0 amide bonds. The zero-order valence-corrected chi connectivity index (χ0v) is 4.53. The fourth-order valence-corrected chi connectivity index (χ4v) is 0. The normalized spacial score (nSPS) is 0. The molecule has 0 aromatic rings. The van der Waals surface area contributed by atoms with Gasteiger partial charge in [-0.2, -0.15) is 0 Å². The first kappa shape index (κ1) is 38.0. The number of rotatable bonds is 0. The topological polar surface area (TPSA) is 57.0 Å². The van der Waals surface area contributed by atoms with Crippen LogP contribution in [0.4, 0.5) is 0 Å². The van der Waals surface area contributed by atoms with Crippen LogP contribution >= 0.6 is 0 Å². The molecule has 0 fully saturated rings. The molecule has 0 unspecified atom stereocenters. The van der Waals surface area contributed by atoms with Gasteiger partial charge in [-0.05, 0) is 0 Å². The van der Waals surface area contributed by atoms with Gasteiger partial charge in [-0.15, -0.1) is 0 Å². The Balaban J connectivity index is 0. The molecule has 0 bridgehead atoms. The second-order valence-electron chi connectivity index (χ2n) is 0. The first-order chi connectivity index (χ1) is 0. The van der Waals surface area contributed by atoms with Gasteiger partial charge < -0.3 is 11.0 Å². The summed E-state index contributed by atoms with van der Waals surface area (Å²) in [6.45, 7) is 0. The van der Waals surface area contributed by atoms with Crippen LogP contribution in [0.15, 0.2) is 0 Å². The van der Waals surface area contributed by atoms with E-state index in [-0.39, 0.29) is 75.2 Å². The summed E-state index contributed by atoms with van der Waals surface area (Å²) in [7, 11) is 0. The van der Waals surface area contributed by atoms with E-state index < -0.39 is 0 Å². The van der Waals surface area contributed by atoms with E-state index in [1.807, 2.05) is 0 Å². The van der Waals surface area contributed by atoms with Crippen molar-refractivity contribution in [2.75, 3.05) is 0 Å². The molecule has 27 valence electrons. The Labute approximate surface area is 73.9 Å². The Kier molecular flexibility index (Phi) is 191. The Morgan fingerprint density at radius 2 is 0.750 bits per heavy atom. The third kappa shape index (κ3) is 9.02. The molecule has 0 aliphatic heterocycles. The molecule has 0 aromatic carbocycles. The van der Waals surface area contributed by atoms with Crippen molar-refractivity contribution in [3.8, 4) is 0 Å². The van der Waals surface area contributed by atoms with Gasteiger partial charge in [0.25, 0.3) is 0 Å². The maximum Gasteiger partial charge on any atom is 3.00 e. The quantitative estimate of drug-likeness (QED) is 0.500. The molecule has 0 aliphatic rings. The summed E-state index contributed by atoms with van der Waals surface area (Å²) in [5, 5.41) is 0. The molecular weight excluding hydrogens is 232 g/mol. The second kappa shape index (κ2) is 20.2. The van der Waals surface area contributed by atoms with Gasteiger partial charge in [0.1, 0.15) is 0 Å². The summed E-state index contributed by atoms with van der Waals surface area (Å²) in [5.41, 5.74) is 0. The van der Waals surface area contributed by atoms with Crippen LogP contribution in [0.2, 0.25) is 0 Å². The fourth-order valence-electron chi connectivity index (χ4n) is 0. The standard InChI is InChI=1S/Al.2O.Yb/q+3;2*-2;+3. The molecule has 0 aromatic heterocycles. The van der Waals surface area contributed by atoms with Crippen molar-refractivity contribution in [2.24, 2.45) is 0 Å².